The number of carbonyl (C=O) groups is 2. The molecule has 0 radical (unpaired) electrons. The Labute approximate surface area is 322 Å². The first-order chi connectivity index (χ1) is 25.6. The van der Waals surface area contributed by atoms with Gasteiger partial charge in [-0.15, -0.1) is 0 Å². The van der Waals surface area contributed by atoms with E-state index in [-0.39, 0.29) is 25.2 Å². The van der Waals surface area contributed by atoms with Crippen LogP contribution in [0.15, 0.2) is 60.8 Å². The van der Waals surface area contributed by atoms with Crippen molar-refractivity contribution < 1.29 is 23.8 Å². The van der Waals surface area contributed by atoms with E-state index in [4.69, 9.17) is 14.2 Å². The predicted molar refractivity (Wildman–Crippen MR) is 224 cm³/mol. The molecule has 0 aliphatic heterocycles. The lowest BCUT2D eigenvalue weighted by Crippen LogP contribution is -2.30. The van der Waals surface area contributed by atoms with Gasteiger partial charge in [0.2, 0.25) is 0 Å². The summed E-state index contributed by atoms with van der Waals surface area (Å²) < 4.78 is 17.2. The van der Waals surface area contributed by atoms with Crippen LogP contribution in [0.3, 0.4) is 0 Å². The minimum Gasteiger partial charge on any atom is -0.462 e. The lowest BCUT2D eigenvalue weighted by atomic mass is 10.1. The van der Waals surface area contributed by atoms with Crippen molar-refractivity contribution >= 4 is 11.9 Å². The van der Waals surface area contributed by atoms with Crippen molar-refractivity contribution in [1.82, 2.24) is 0 Å². The average molecular weight is 727 g/mol. The molecular weight excluding hydrogens is 645 g/mol. The van der Waals surface area contributed by atoms with E-state index < -0.39 is 6.10 Å². The van der Waals surface area contributed by atoms with E-state index in [9.17, 15) is 9.59 Å². The van der Waals surface area contributed by atoms with E-state index in [0.29, 0.717) is 19.4 Å². The van der Waals surface area contributed by atoms with E-state index in [1.165, 1.54) is 70.6 Å². The highest BCUT2D eigenvalue weighted by Gasteiger charge is 2.17. The Morgan fingerprint density at radius 3 is 1.42 bits per heavy atom. The Morgan fingerprint density at radius 2 is 0.865 bits per heavy atom. The van der Waals surface area contributed by atoms with Gasteiger partial charge in [-0.1, -0.05) is 165 Å². The molecule has 300 valence electrons. The van der Waals surface area contributed by atoms with Crippen molar-refractivity contribution in [2.24, 2.45) is 0 Å². The van der Waals surface area contributed by atoms with Crippen LogP contribution in [-0.4, -0.2) is 37.9 Å². The molecule has 0 bridgehead atoms. The van der Waals surface area contributed by atoms with Crippen molar-refractivity contribution in [1.29, 1.82) is 0 Å². The van der Waals surface area contributed by atoms with Gasteiger partial charge in [0.15, 0.2) is 6.10 Å². The quantitative estimate of drug-likeness (QED) is 0.0358. The third-order valence-electron chi connectivity index (χ3n) is 9.04. The molecule has 52 heavy (non-hydrogen) atoms. The second-order valence-electron chi connectivity index (χ2n) is 14.2. The molecule has 0 aliphatic carbocycles. The Bertz CT molecular complexity index is 915. The predicted octanol–water partition coefficient (Wildman–Crippen LogP) is 14.2. The van der Waals surface area contributed by atoms with E-state index in [0.717, 1.165) is 96.3 Å². The molecule has 0 saturated carbocycles. The van der Waals surface area contributed by atoms with Gasteiger partial charge in [0.05, 0.1) is 6.61 Å². The second kappa shape index (κ2) is 43.0. The first-order valence-corrected chi connectivity index (χ1v) is 21.8. The van der Waals surface area contributed by atoms with Crippen LogP contribution in [0, 0.1) is 0 Å². The van der Waals surface area contributed by atoms with Gasteiger partial charge in [0.1, 0.15) is 6.61 Å². The van der Waals surface area contributed by atoms with Crippen LogP contribution in [0.2, 0.25) is 0 Å². The molecule has 1 atom stereocenters. The number of hydrogen-bond donors (Lipinski definition) is 0. The SMILES string of the molecule is CC/C=C\C/C=C\C/C=C\C/C=C\CCCCCOCC(COC(=O)CCCCCCC/C=C\CCCCCC)OC(=O)CCCCCCCCC. The molecule has 0 amide bonds. The maximum atomic E-state index is 12.6. The van der Waals surface area contributed by atoms with Gasteiger partial charge in [0.25, 0.3) is 0 Å². The molecule has 0 fully saturated rings. The van der Waals surface area contributed by atoms with Gasteiger partial charge in [0, 0.05) is 19.4 Å². The molecule has 0 spiro atoms. The van der Waals surface area contributed by atoms with Gasteiger partial charge >= 0.3 is 11.9 Å². The number of ether oxygens (including phenoxy) is 3. The maximum absolute atomic E-state index is 12.6. The van der Waals surface area contributed by atoms with Gasteiger partial charge < -0.3 is 14.2 Å². The fraction of sp³-hybridized carbons (Fsp3) is 0.745. The normalized spacial score (nSPS) is 12.8. The number of allylic oxidation sites excluding steroid dienone is 10. The van der Waals surface area contributed by atoms with Crippen LogP contribution in [-0.2, 0) is 23.8 Å². The van der Waals surface area contributed by atoms with Crippen LogP contribution in [0.5, 0.6) is 0 Å². The fourth-order valence-electron chi connectivity index (χ4n) is 5.79. The molecule has 0 saturated heterocycles. The summed E-state index contributed by atoms with van der Waals surface area (Å²) in [4.78, 5) is 25.1. The summed E-state index contributed by atoms with van der Waals surface area (Å²) in [6.07, 6.45) is 52.3. The molecule has 0 N–H and O–H groups in total. The van der Waals surface area contributed by atoms with Crippen molar-refractivity contribution in [3.05, 3.63) is 60.8 Å². The topological polar surface area (TPSA) is 61.8 Å². The van der Waals surface area contributed by atoms with Gasteiger partial charge in [-0.25, -0.2) is 0 Å². The highest BCUT2D eigenvalue weighted by atomic mass is 16.6. The largest absolute Gasteiger partial charge is 0.462 e. The Hall–Kier alpha value is -2.40. The zero-order valence-electron chi connectivity index (χ0n) is 34.3. The Kier molecular flexibility index (Phi) is 41.0. The minimum atomic E-state index is -0.551. The van der Waals surface area contributed by atoms with Crippen LogP contribution in [0.25, 0.3) is 0 Å². The zero-order valence-corrected chi connectivity index (χ0v) is 34.3. The summed E-state index contributed by atoms with van der Waals surface area (Å²) in [5.74, 6) is -0.433. The van der Waals surface area contributed by atoms with Crippen molar-refractivity contribution in [2.45, 2.75) is 207 Å². The number of esters is 2. The second-order valence-corrected chi connectivity index (χ2v) is 14.2. The lowest BCUT2D eigenvalue weighted by molar-refractivity contribution is -0.163. The highest BCUT2D eigenvalue weighted by molar-refractivity contribution is 5.70. The van der Waals surface area contributed by atoms with Crippen LogP contribution < -0.4 is 0 Å². The number of hydrogen-bond acceptors (Lipinski definition) is 5. The number of rotatable bonds is 39. The van der Waals surface area contributed by atoms with Gasteiger partial charge in [-0.3, -0.25) is 9.59 Å². The number of carbonyl (C=O) groups excluding carboxylic acids is 2. The lowest BCUT2D eigenvalue weighted by Gasteiger charge is -2.18. The molecule has 5 nitrogen and oxygen atoms in total. The molecule has 0 heterocycles. The van der Waals surface area contributed by atoms with Crippen LogP contribution in [0.1, 0.15) is 201 Å². The van der Waals surface area contributed by atoms with Gasteiger partial charge in [-0.05, 0) is 83.5 Å². The summed E-state index contributed by atoms with van der Waals surface area (Å²) in [7, 11) is 0. The third-order valence-corrected chi connectivity index (χ3v) is 9.04. The Morgan fingerprint density at radius 1 is 0.442 bits per heavy atom. The maximum Gasteiger partial charge on any atom is 0.306 e. The summed E-state index contributed by atoms with van der Waals surface area (Å²) in [5, 5.41) is 0. The van der Waals surface area contributed by atoms with Gasteiger partial charge in [-0.2, -0.15) is 0 Å². The van der Waals surface area contributed by atoms with Crippen LogP contribution >= 0.6 is 0 Å². The minimum absolute atomic E-state index is 0.0677. The van der Waals surface area contributed by atoms with E-state index in [2.05, 4.69) is 81.5 Å². The third kappa shape index (κ3) is 40.4. The smallest absolute Gasteiger partial charge is 0.306 e. The summed E-state index contributed by atoms with van der Waals surface area (Å²) in [6.45, 7) is 7.58. The average Bonchev–Trinajstić information content (AvgIpc) is 3.14. The number of unbranched alkanes of at least 4 members (excludes halogenated alkanes) is 18. The van der Waals surface area contributed by atoms with Crippen molar-refractivity contribution in [3.8, 4) is 0 Å². The molecular formula is C47H82O5. The van der Waals surface area contributed by atoms with Crippen molar-refractivity contribution in [2.75, 3.05) is 19.8 Å². The molecule has 5 heteroatoms. The highest BCUT2D eigenvalue weighted by Crippen LogP contribution is 2.12. The fourth-order valence-corrected chi connectivity index (χ4v) is 5.79. The summed E-state index contributed by atoms with van der Waals surface area (Å²) >= 11 is 0. The standard InChI is InChI=1S/C47H82O5/c1-4-7-10-13-16-18-20-22-23-24-26-28-30-33-36-39-42-50-43-45(52-47(49)41-38-35-31-15-12-9-6-3)44-51-46(48)40-37-34-32-29-27-25-21-19-17-14-11-8-5-2/h7,10,16,18-19,21-23,26,28,45H,4-6,8-9,11-15,17,20,24-25,27,29-44H2,1-3H3/b10-7-,18-16-,21-19-,23-22-,28-26-. The molecule has 0 rings (SSSR count). The van der Waals surface area contributed by atoms with E-state index >= 15 is 0 Å². The summed E-state index contributed by atoms with van der Waals surface area (Å²) in [5.41, 5.74) is 0. The molecule has 0 aromatic rings. The molecule has 0 aromatic heterocycles. The molecule has 1 unspecified atom stereocenters. The summed E-state index contributed by atoms with van der Waals surface area (Å²) in [6, 6.07) is 0. The van der Waals surface area contributed by atoms with Crippen LogP contribution in [0.4, 0.5) is 0 Å². The first kappa shape index (κ1) is 49.6. The zero-order chi connectivity index (χ0) is 37.8. The van der Waals surface area contributed by atoms with Crippen molar-refractivity contribution in [3.63, 3.8) is 0 Å². The van der Waals surface area contributed by atoms with E-state index in [1.807, 2.05) is 0 Å². The monoisotopic (exact) mass is 727 g/mol. The Balaban J connectivity index is 4.25. The molecule has 0 aliphatic rings. The first-order valence-electron chi connectivity index (χ1n) is 21.8. The van der Waals surface area contributed by atoms with E-state index in [1.54, 1.807) is 0 Å². The molecule has 0 aromatic carbocycles.